The molecule has 120 valence electrons. The minimum atomic E-state index is -1.20. The van der Waals surface area contributed by atoms with E-state index in [1.54, 1.807) is 38.1 Å². The van der Waals surface area contributed by atoms with Crippen LogP contribution in [0.15, 0.2) is 24.3 Å². The molecule has 1 rings (SSSR count). The first kappa shape index (κ1) is 17.7. The molecule has 0 saturated heterocycles. The van der Waals surface area contributed by atoms with Crippen molar-refractivity contribution in [2.75, 3.05) is 20.3 Å². The SMILES string of the molecule is CCOC(=O)CC(C(=O)OCC)C(=O)c1ccc(OC)cc1. The summed E-state index contributed by atoms with van der Waals surface area (Å²) in [7, 11) is 1.51. The number of hydrogen-bond donors (Lipinski definition) is 0. The van der Waals surface area contributed by atoms with Gasteiger partial charge in [-0.2, -0.15) is 0 Å². The van der Waals surface area contributed by atoms with Gasteiger partial charge in [-0.1, -0.05) is 0 Å². The maximum Gasteiger partial charge on any atom is 0.317 e. The summed E-state index contributed by atoms with van der Waals surface area (Å²) in [5, 5.41) is 0. The second kappa shape index (κ2) is 8.81. The second-order valence-corrected chi connectivity index (χ2v) is 4.41. The highest BCUT2D eigenvalue weighted by atomic mass is 16.5. The number of rotatable bonds is 8. The van der Waals surface area contributed by atoms with Crippen LogP contribution in [0.1, 0.15) is 30.6 Å². The van der Waals surface area contributed by atoms with E-state index in [4.69, 9.17) is 14.2 Å². The van der Waals surface area contributed by atoms with Crippen molar-refractivity contribution >= 4 is 17.7 Å². The van der Waals surface area contributed by atoms with Gasteiger partial charge in [0.15, 0.2) is 5.78 Å². The fraction of sp³-hybridized carbons (Fsp3) is 0.438. The molecule has 22 heavy (non-hydrogen) atoms. The molecular weight excluding hydrogens is 288 g/mol. The average Bonchev–Trinajstić information content (AvgIpc) is 2.52. The van der Waals surface area contributed by atoms with E-state index in [0.717, 1.165) is 0 Å². The van der Waals surface area contributed by atoms with E-state index in [1.165, 1.54) is 7.11 Å². The summed E-state index contributed by atoms with van der Waals surface area (Å²) in [5.74, 6) is -2.42. The molecule has 0 aromatic heterocycles. The summed E-state index contributed by atoms with van der Waals surface area (Å²) in [4.78, 5) is 36.0. The molecule has 0 radical (unpaired) electrons. The number of carbonyl (C=O) groups is 3. The molecule has 6 heteroatoms. The third kappa shape index (κ3) is 4.87. The summed E-state index contributed by atoms with van der Waals surface area (Å²) in [6, 6.07) is 6.30. The molecule has 1 unspecified atom stereocenters. The van der Waals surface area contributed by atoms with Gasteiger partial charge in [0.25, 0.3) is 0 Å². The van der Waals surface area contributed by atoms with Crippen molar-refractivity contribution in [3.63, 3.8) is 0 Å². The fourth-order valence-corrected chi connectivity index (χ4v) is 1.87. The molecule has 1 aromatic carbocycles. The molecule has 1 atom stereocenters. The van der Waals surface area contributed by atoms with Crippen LogP contribution >= 0.6 is 0 Å². The van der Waals surface area contributed by atoms with Crippen LogP contribution in [-0.4, -0.2) is 38.0 Å². The highest BCUT2D eigenvalue weighted by molar-refractivity contribution is 6.10. The van der Waals surface area contributed by atoms with Crippen molar-refractivity contribution in [3.05, 3.63) is 29.8 Å². The lowest BCUT2D eigenvalue weighted by Crippen LogP contribution is -2.29. The van der Waals surface area contributed by atoms with Crippen molar-refractivity contribution in [1.82, 2.24) is 0 Å². The number of carbonyl (C=O) groups excluding carboxylic acids is 3. The number of methoxy groups -OCH3 is 1. The van der Waals surface area contributed by atoms with Gasteiger partial charge >= 0.3 is 11.9 Å². The number of Topliss-reactive ketones (excluding diaryl/α,β-unsaturated/α-hetero) is 1. The van der Waals surface area contributed by atoms with E-state index in [0.29, 0.717) is 11.3 Å². The number of ether oxygens (including phenoxy) is 3. The smallest absolute Gasteiger partial charge is 0.317 e. The zero-order valence-electron chi connectivity index (χ0n) is 13.0. The molecule has 6 nitrogen and oxygen atoms in total. The van der Waals surface area contributed by atoms with Crippen LogP contribution in [0.25, 0.3) is 0 Å². The van der Waals surface area contributed by atoms with Crippen LogP contribution in [-0.2, 0) is 19.1 Å². The van der Waals surface area contributed by atoms with Gasteiger partial charge in [-0.05, 0) is 38.1 Å². The monoisotopic (exact) mass is 308 g/mol. The van der Waals surface area contributed by atoms with Gasteiger partial charge < -0.3 is 14.2 Å². The summed E-state index contributed by atoms with van der Waals surface area (Å²) < 4.78 is 14.7. The Balaban J connectivity index is 2.94. The number of esters is 2. The van der Waals surface area contributed by atoms with E-state index in [-0.39, 0.29) is 19.6 Å². The first-order valence-corrected chi connectivity index (χ1v) is 7.04. The van der Waals surface area contributed by atoms with Crippen molar-refractivity contribution in [2.24, 2.45) is 5.92 Å². The highest BCUT2D eigenvalue weighted by Crippen LogP contribution is 2.18. The molecule has 0 N–H and O–H groups in total. The Morgan fingerprint density at radius 1 is 1.00 bits per heavy atom. The zero-order valence-corrected chi connectivity index (χ0v) is 13.0. The topological polar surface area (TPSA) is 78.9 Å². The van der Waals surface area contributed by atoms with Crippen LogP contribution in [0.2, 0.25) is 0 Å². The summed E-state index contributed by atoms with van der Waals surface area (Å²) in [5.41, 5.74) is 0.308. The lowest BCUT2D eigenvalue weighted by Gasteiger charge is -2.14. The first-order valence-electron chi connectivity index (χ1n) is 7.04. The molecule has 0 heterocycles. The Kier molecular flexibility index (Phi) is 7.08. The minimum absolute atomic E-state index is 0.133. The van der Waals surface area contributed by atoms with Gasteiger partial charge in [0.05, 0.1) is 26.7 Å². The first-order chi connectivity index (χ1) is 10.5. The number of hydrogen-bond acceptors (Lipinski definition) is 6. The minimum Gasteiger partial charge on any atom is -0.497 e. The molecule has 0 aliphatic rings. The lowest BCUT2D eigenvalue weighted by molar-refractivity contribution is -0.152. The molecule has 1 aromatic rings. The van der Waals surface area contributed by atoms with Gasteiger partial charge in [-0.3, -0.25) is 14.4 Å². The van der Waals surface area contributed by atoms with E-state index < -0.39 is 23.6 Å². The van der Waals surface area contributed by atoms with E-state index >= 15 is 0 Å². The highest BCUT2D eigenvalue weighted by Gasteiger charge is 2.31. The summed E-state index contributed by atoms with van der Waals surface area (Å²) >= 11 is 0. The third-order valence-corrected chi connectivity index (χ3v) is 2.94. The van der Waals surface area contributed by atoms with Crippen LogP contribution in [0.3, 0.4) is 0 Å². The van der Waals surface area contributed by atoms with Crippen molar-refractivity contribution in [3.8, 4) is 5.75 Å². The third-order valence-electron chi connectivity index (χ3n) is 2.94. The lowest BCUT2D eigenvalue weighted by atomic mass is 9.94. The van der Waals surface area contributed by atoms with Crippen LogP contribution in [0, 0.1) is 5.92 Å². The average molecular weight is 308 g/mol. The van der Waals surface area contributed by atoms with Gasteiger partial charge in [0.2, 0.25) is 0 Å². The molecule has 0 amide bonds. The number of ketones is 1. The Labute approximate surface area is 129 Å². The molecule has 0 saturated carbocycles. The Hall–Kier alpha value is -2.37. The maximum atomic E-state index is 12.5. The van der Waals surface area contributed by atoms with Crippen molar-refractivity contribution in [2.45, 2.75) is 20.3 Å². The van der Waals surface area contributed by atoms with Gasteiger partial charge in [0.1, 0.15) is 11.7 Å². The molecule has 0 bridgehead atoms. The summed E-state index contributed by atoms with van der Waals surface area (Å²) in [6.07, 6.45) is -0.336. The van der Waals surface area contributed by atoms with Gasteiger partial charge in [0, 0.05) is 5.56 Å². The largest absolute Gasteiger partial charge is 0.497 e. The Bertz CT molecular complexity index is 520. The second-order valence-electron chi connectivity index (χ2n) is 4.41. The van der Waals surface area contributed by atoms with Crippen LogP contribution in [0.4, 0.5) is 0 Å². The summed E-state index contributed by atoms with van der Waals surface area (Å²) in [6.45, 7) is 3.61. The fourth-order valence-electron chi connectivity index (χ4n) is 1.87. The van der Waals surface area contributed by atoms with E-state index in [1.807, 2.05) is 0 Å². The standard InChI is InChI=1S/C16H20O6/c1-4-21-14(17)10-13(16(19)22-5-2)15(18)11-6-8-12(20-3)9-7-11/h6-9,13H,4-5,10H2,1-3H3. The van der Waals surface area contributed by atoms with Crippen molar-refractivity contribution in [1.29, 1.82) is 0 Å². The molecule has 0 spiro atoms. The van der Waals surface area contributed by atoms with Gasteiger partial charge in [-0.25, -0.2) is 0 Å². The van der Waals surface area contributed by atoms with E-state index in [2.05, 4.69) is 0 Å². The normalized spacial score (nSPS) is 11.4. The van der Waals surface area contributed by atoms with Crippen LogP contribution in [0.5, 0.6) is 5.75 Å². The predicted octanol–water partition coefficient (Wildman–Crippen LogP) is 2.01. The molecule has 0 fully saturated rings. The predicted molar refractivity (Wildman–Crippen MR) is 78.7 cm³/mol. The van der Waals surface area contributed by atoms with Crippen LogP contribution < -0.4 is 4.74 Å². The number of benzene rings is 1. The quantitative estimate of drug-likeness (QED) is 0.415. The maximum absolute atomic E-state index is 12.5. The zero-order chi connectivity index (χ0) is 16.5. The van der Waals surface area contributed by atoms with E-state index in [9.17, 15) is 14.4 Å². The Morgan fingerprint density at radius 3 is 2.09 bits per heavy atom. The molecule has 0 aliphatic carbocycles. The van der Waals surface area contributed by atoms with Crippen molar-refractivity contribution < 1.29 is 28.6 Å². The Morgan fingerprint density at radius 2 is 1.59 bits per heavy atom. The van der Waals surface area contributed by atoms with Gasteiger partial charge in [-0.15, -0.1) is 0 Å². The molecular formula is C16H20O6. The molecule has 0 aliphatic heterocycles.